The summed E-state index contributed by atoms with van der Waals surface area (Å²) in [5.41, 5.74) is 3.32. The Hall–Kier alpha value is -1.82. The van der Waals surface area contributed by atoms with E-state index in [4.69, 9.17) is 14.2 Å². The molecule has 0 saturated carbocycles. The third-order valence-electron chi connectivity index (χ3n) is 5.73. The molecular weight excluding hydrogens is 434 g/mol. The first kappa shape index (κ1) is 24.4. The van der Waals surface area contributed by atoms with Crippen LogP contribution in [0.3, 0.4) is 0 Å². The zero-order valence-corrected chi connectivity index (χ0v) is 18.6. The minimum atomic E-state index is -4.96. The second kappa shape index (κ2) is 9.13. The van der Waals surface area contributed by atoms with E-state index in [1.165, 1.54) is 0 Å². The van der Waals surface area contributed by atoms with Gasteiger partial charge < -0.3 is 5.11 Å². The Morgan fingerprint density at radius 2 is 1.73 bits per heavy atom. The Morgan fingerprint density at radius 1 is 1.10 bits per heavy atom. The van der Waals surface area contributed by atoms with Crippen molar-refractivity contribution in [2.24, 2.45) is 0 Å². The first-order chi connectivity index (χ1) is 13.7. The number of carboxylic acid groups (broad SMARTS) is 1. The Labute approximate surface area is 176 Å². The van der Waals surface area contributed by atoms with Gasteiger partial charge in [0.1, 0.15) is 0 Å². The number of benzene rings is 1. The Kier molecular flexibility index (Phi) is 7.44. The molecule has 1 aromatic rings. The molecule has 1 aromatic carbocycles. The highest BCUT2D eigenvalue weighted by atomic mass is 32.3. The van der Waals surface area contributed by atoms with Gasteiger partial charge in [0, 0.05) is 25.0 Å². The second-order valence-corrected chi connectivity index (χ2v) is 11.4. The maximum Gasteiger partial charge on any atom is 0.303 e. The maximum absolute atomic E-state index is 11.3. The molecule has 168 valence electrons. The summed E-state index contributed by atoms with van der Waals surface area (Å²) in [6.45, 7) is 4.05. The fraction of sp³-hybridized carbons (Fsp3) is 0.579. The molecule has 0 aliphatic carbocycles. The normalized spacial score (nSPS) is 19.0. The molecule has 0 aromatic heterocycles. The molecular formula is C19H28NO8S2+. The van der Waals surface area contributed by atoms with Gasteiger partial charge in [-0.25, -0.2) is 4.99 Å². The van der Waals surface area contributed by atoms with Crippen molar-refractivity contribution in [3.05, 3.63) is 29.3 Å². The highest BCUT2D eigenvalue weighted by molar-refractivity contribution is 8.03. The fourth-order valence-corrected chi connectivity index (χ4v) is 5.90. The number of nitrogens with one attached hydrogen (secondary N) is 1. The van der Waals surface area contributed by atoms with Crippen LogP contribution in [0.5, 0.6) is 0 Å². The smallest absolute Gasteiger partial charge is 0.303 e. The van der Waals surface area contributed by atoms with Gasteiger partial charge in [-0.3, -0.25) is 13.9 Å². The standard InChI is InChI=1S/C19H27NO8S2/c1-13-19(2,11-5-3-4-6-17(21)22)15-12-14(7-9-16(15)20-13)8-10-18(29(23,24)25)30(26,27)28/h7,9,12,18H,3-6,8,10-11H2,1-2H3,(H,21,22)(H,23,24,25)(H,26,27,28)/p+1. The van der Waals surface area contributed by atoms with Crippen LogP contribution >= 0.6 is 0 Å². The van der Waals surface area contributed by atoms with Crippen molar-refractivity contribution < 1.29 is 40.8 Å². The topological polar surface area (TPSA) is 160 Å². The quantitative estimate of drug-likeness (QED) is 0.282. The van der Waals surface area contributed by atoms with Gasteiger partial charge in [-0.05, 0) is 44.2 Å². The molecule has 1 unspecified atom stereocenters. The number of rotatable bonds is 11. The maximum atomic E-state index is 11.3. The van der Waals surface area contributed by atoms with Crippen LogP contribution in [0.4, 0.5) is 5.69 Å². The lowest BCUT2D eigenvalue weighted by atomic mass is 9.75. The number of aryl methyl sites for hydroxylation is 1. The molecule has 4 N–H and O–H groups in total. The zero-order valence-electron chi connectivity index (χ0n) is 17.0. The van der Waals surface area contributed by atoms with Gasteiger partial charge in [0.05, 0.1) is 5.41 Å². The first-order valence-corrected chi connectivity index (χ1v) is 12.6. The molecule has 0 saturated heterocycles. The van der Waals surface area contributed by atoms with Gasteiger partial charge in [-0.2, -0.15) is 16.8 Å². The number of unbranched alkanes of at least 4 members (excludes halogenated alkanes) is 2. The predicted molar refractivity (Wildman–Crippen MR) is 111 cm³/mol. The molecule has 2 rings (SSSR count). The van der Waals surface area contributed by atoms with E-state index >= 15 is 0 Å². The molecule has 1 aliphatic heterocycles. The number of aliphatic carboxylic acids is 1. The molecule has 1 heterocycles. The van der Waals surface area contributed by atoms with Crippen LogP contribution in [0, 0.1) is 0 Å². The number of hydrogen-bond donors (Lipinski definition) is 4. The lowest BCUT2D eigenvalue weighted by Crippen LogP contribution is -2.65. The van der Waals surface area contributed by atoms with Crippen molar-refractivity contribution >= 4 is 37.6 Å². The third-order valence-corrected chi connectivity index (χ3v) is 8.99. The molecule has 11 heteroatoms. The zero-order chi connectivity index (χ0) is 22.7. The molecule has 1 aliphatic rings. The highest BCUT2D eigenvalue weighted by Crippen LogP contribution is 2.37. The van der Waals surface area contributed by atoms with Crippen molar-refractivity contribution in [1.29, 1.82) is 0 Å². The van der Waals surface area contributed by atoms with Crippen LogP contribution in [0.1, 0.15) is 63.5 Å². The van der Waals surface area contributed by atoms with Gasteiger partial charge in [-0.15, -0.1) is 0 Å². The van der Waals surface area contributed by atoms with Crippen LogP contribution in [0.2, 0.25) is 0 Å². The van der Waals surface area contributed by atoms with Gasteiger partial charge in [0.25, 0.3) is 20.2 Å². The average molecular weight is 463 g/mol. The molecule has 1 atom stereocenters. The number of carboxylic acids is 1. The predicted octanol–water partition coefficient (Wildman–Crippen LogP) is 1.20. The van der Waals surface area contributed by atoms with Crippen LogP contribution in [0.15, 0.2) is 18.2 Å². The van der Waals surface area contributed by atoms with Crippen molar-refractivity contribution in [2.75, 3.05) is 0 Å². The van der Waals surface area contributed by atoms with E-state index in [9.17, 15) is 21.6 Å². The minimum absolute atomic E-state index is 0.0330. The summed E-state index contributed by atoms with van der Waals surface area (Å²) >= 11 is 0. The number of carbonyl (C=O) groups is 1. The summed E-state index contributed by atoms with van der Waals surface area (Å²) in [6, 6.07) is 5.45. The molecule has 0 amide bonds. The number of hydrogen-bond acceptors (Lipinski definition) is 5. The summed E-state index contributed by atoms with van der Waals surface area (Å²) in [5.74, 6) is -0.811. The number of fused-ring (bicyclic) bond motifs is 1. The second-order valence-electron chi connectivity index (χ2n) is 7.91. The average Bonchev–Trinajstić information content (AvgIpc) is 2.83. The largest absolute Gasteiger partial charge is 0.481 e. The van der Waals surface area contributed by atoms with Crippen LogP contribution in [-0.4, -0.2) is 47.3 Å². The lowest BCUT2D eigenvalue weighted by molar-refractivity contribution is -0.351. The van der Waals surface area contributed by atoms with Crippen LogP contribution in [-0.2, 0) is 36.9 Å². The fourth-order valence-electron chi connectivity index (χ4n) is 3.84. The van der Waals surface area contributed by atoms with Crippen LogP contribution in [0.25, 0.3) is 0 Å². The molecule has 0 radical (unpaired) electrons. The van der Waals surface area contributed by atoms with Crippen molar-refractivity contribution in [3.8, 4) is 0 Å². The van der Waals surface area contributed by atoms with Crippen molar-refractivity contribution in [2.45, 2.75) is 68.8 Å². The Bertz CT molecular complexity index is 1010. The molecule has 0 spiro atoms. The molecule has 9 nitrogen and oxygen atoms in total. The minimum Gasteiger partial charge on any atom is -0.481 e. The van der Waals surface area contributed by atoms with E-state index in [2.05, 4.69) is 11.9 Å². The highest BCUT2D eigenvalue weighted by Gasteiger charge is 2.42. The molecule has 0 bridgehead atoms. The van der Waals surface area contributed by atoms with E-state index in [-0.39, 0.29) is 18.3 Å². The summed E-state index contributed by atoms with van der Waals surface area (Å²) in [5, 5.41) is 8.75. The van der Waals surface area contributed by atoms with E-state index in [1.54, 1.807) is 6.07 Å². The Balaban J connectivity index is 2.15. The third kappa shape index (κ3) is 5.87. The molecule has 30 heavy (non-hydrogen) atoms. The molecule has 0 fully saturated rings. The van der Waals surface area contributed by atoms with E-state index < -0.39 is 37.2 Å². The van der Waals surface area contributed by atoms with E-state index in [0.717, 1.165) is 36.2 Å². The summed E-state index contributed by atoms with van der Waals surface area (Å²) in [6.07, 6.45) is 2.72. The van der Waals surface area contributed by atoms with Crippen LogP contribution < -0.4 is 4.99 Å². The summed E-state index contributed by atoms with van der Waals surface area (Å²) < 4.78 is 61.2. The summed E-state index contributed by atoms with van der Waals surface area (Å²) in [4.78, 5) is 14.0. The van der Waals surface area contributed by atoms with Gasteiger partial charge in [0.15, 0.2) is 5.71 Å². The first-order valence-electron chi connectivity index (χ1n) is 9.64. The van der Waals surface area contributed by atoms with E-state index in [1.807, 2.05) is 19.1 Å². The van der Waals surface area contributed by atoms with E-state index in [0.29, 0.717) is 12.0 Å². The summed E-state index contributed by atoms with van der Waals surface area (Å²) in [7, 11) is -9.91. The Morgan fingerprint density at radius 3 is 2.30 bits per heavy atom. The lowest BCUT2D eigenvalue weighted by Gasteiger charge is -2.22. The monoisotopic (exact) mass is 462 g/mol. The SMILES string of the molecule is CC1=[NH+]c2ccc(CCC(S(=O)(=O)O)S(=O)(=O)O)cc2C1(C)CCCCCC(=O)O. The van der Waals surface area contributed by atoms with Crippen molar-refractivity contribution in [3.63, 3.8) is 0 Å². The van der Waals surface area contributed by atoms with Gasteiger partial charge >= 0.3 is 5.97 Å². The van der Waals surface area contributed by atoms with Crippen molar-refractivity contribution in [1.82, 2.24) is 0 Å². The van der Waals surface area contributed by atoms with Gasteiger partial charge in [0.2, 0.25) is 10.3 Å². The van der Waals surface area contributed by atoms with Gasteiger partial charge in [-0.1, -0.05) is 18.9 Å².